The smallest absolute Gasteiger partial charge is 0.260 e. The number of aromatic nitrogens is 1. The van der Waals surface area contributed by atoms with Crippen LogP contribution in [0.3, 0.4) is 0 Å². The largest absolute Gasteiger partial charge is 0.293 e. The van der Waals surface area contributed by atoms with Gasteiger partial charge in [0.15, 0.2) is 11.6 Å². The van der Waals surface area contributed by atoms with E-state index in [0.717, 1.165) is 4.90 Å². The van der Waals surface area contributed by atoms with Crippen molar-refractivity contribution in [2.75, 3.05) is 11.9 Å². The predicted molar refractivity (Wildman–Crippen MR) is 76.1 cm³/mol. The van der Waals surface area contributed by atoms with Gasteiger partial charge in [0.2, 0.25) is 0 Å². The Morgan fingerprint density at radius 2 is 2.11 bits per heavy atom. The average molecular weight is 344 g/mol. The van der Waals surface area contributed by atoms with E-state index in [1.54, 1.807) is 18.2 Å². The summed E-state index contributed by atoms with van der Waals surface area (Å²) >= 11 is 9.29. The van der Waals surface area contributed by atoms with Crippen molar-refractivity contribution in [3.63, 3.8) is 0 Å². The predicted octanol–water partition coefficient (Wildman–Crippen LogP) is 3.91. The van der Waals surface area contributed by atoms with E-state index >= 15 is 0 Å². The number of rotatable bonds is 2. The molecule has 1 amide bonds. The molecule has 1 aromatic carbocycles. The molecule has 2 aromatic rings. The van der Waals surface area contributed by atoms with Gasteiger partial charge in [0.05, 0.1) is 10.6 Å². The highest BCUT2D eigenvalue weighted by atomic mass is 79.9. The molecule has 1 heterocycles. The molecule has 0 aliphatic carbocycles. The van der Waals surface area contributed by atoms with E-state index in [2.05, 4.69) is 20.9 Å². The lowest BCUT2D eigenvalue weighted by molar-refractivity contribution is 0.0991. The van der Waals surface area contributed by atoms with Crippen LogP contribution in [0.4, 0.5) is 10.2 Å². The molecular formula is C13H9BrClFN2O. The minimum absolute atomic E-state index is 0.0384. The fourth-order valence-electron chi connectivity index (χ4n) is 1.57. The van der Waals surface area contributed by atoms with Crippen LogP contribution in [0.25, 0.3) is 0 Å². The Kier molecular flexibility index (Phi) is 4.17. The Morgan fingerprint density at radius 3 is 2.79 bits per heavy atom. The Hall–Kier alpha value is -1.46. The molecule has 0 unspecified atom stereocenters. The van der Waals surface area contributed by atoms with E-state index in [9.17, 15) is 9.18 Å². The van der Waals surface area contributed by atoms with Gasteiger partial charge in [-0.1, -0.05) is 17.7 Å². The molecule has 6 heteroatoms. The van der Waals surface area contributed by atoms with Crippen LogP contribution >= 0.6 is 27.5 Å². The second-order valence-corrected chi connectivity index (χ2v) is 5.01. The van der Waals surface area contributed by atoms with Crippen molar-refractivity contribution < 1.29 is 9.18 Å². The summed E-state index contributed by atoms with van der Waals surface area (Å²) in [4.78, 5) is 17.3. The Morgan fingerprint density at radius 1 is 1.37 bits per heavy atom. The van der Waals surface area contributed by atoms with Crippen LogP contribution in [0.1, 0.15) is 10.4 Å². The fourth-order valence-corrected chi connectivity index (χ4v) is 2.14. The third-order valence-electron chi connectivity index (χ3n) is 2.54. The van der Waals surface area contributed by atoms with Crippen LogP contribution in [-0.4, -0.2) is 17.9 Å². The molecule has 0 spiro atoms. The summed E-state index contributed by atoms with van der Waals surface area (Å²) in [6, 6.07) is 7.69. The third kappa shape index (κ3) is 2.77. The van der Waals surface area contributed by atoms with Crippen molar-refractivity contribution in [3.05, 3.63) is 57.4 Å². The summed E-state index contributed by atoms with van der Waals surface area (Å²) in [5.74, 6) is -1.03. The summed E-state index contributed by atoms with van der Waals surface area (Å²) in [6.45, 7) is 0. The fraction of sp³-hybridized carbons (Fsp3) is 0.0769. The first kappa shape index (κ1) is 14.0. The van der Waals surface area contributed by atoms with Crippen LogP contribution in [0.2, 0.25) is 5.02 Å². The first-order chi connectivity index (χ1) is 9.02. The van der Waals surface area contributed by atoms with Gasteiger partial charge in [-0.15, -0.1) is 0 Å². The van der Waals surface area contributed by atoms with Crippen molar-refractivity contribution in [3.8, 4) is 0 Å². The molecule has 0 aliphatic rings. The van der Waals surface area contributed by atoms with E-state index in [0.29, 0.717) is 4.47 Å². The van der Waals surface area contributed by atoms with Crippen molar-refractivity contribution in [1.29, 1.82) is 0 Å². The van der Waals surface area contributed by atoms with Crippen LogP contribution in [0, 0.1) is 5.82 Å². The van der Waals surface area contributed by atoms with Crippen LogP contribution in [0.5, 0.6) is 0 Å². The van der Waals surface area contributed by atoms with Gasteiger partial charge in [-0.2, -0.15) is 0 Å². The standard InChI is InChI=1S/C13H9BrClFN2O/c1-18(12-10(16)6-3-7-17-12)13(19)8-4-2-5-9(14)11(8)15/h2-7H,1H3. The molecule has 1 aromatic heterocycles. The zero-order valence-electron chi connectivity index (χ0n) is 9.90. The monoisotopic (exact) mass is 342 g/mol. The van der Waals surface area contributed by atoms with Gasteiger partial charge in [0.1, 0.15) is 0 Å². The van der Waals surface area contributed by atoms with E-state index < -0.39 is 11.7 Å². The Labute approximate surface area is 123 Å². The topological polar surface area (TPSA) is 33.2 Å². The molecule has 2 rings (SSSR count). The molecule has 0 fully saturated rings. The average Bonchev–Trinajstić information content (AvgIpc) is 2.41. The molecule has 0 radical (unpaired) electrons. The first-order valence-corrected chi connectivity index (χ1v) is 6.52. The normalized spacial score (nSPS) is 10.3. The second kappa shape index (κ2) is 5.67. The zero-order chi connectivity index (χ0) is 14.0. The maximum absolute atomic E-state index is 13.6. The maximum atomic E-state index is 13.6. The highest BCUT2D eigenvalue weighted by Gasteiger charge is 2.20. The summed E-state index contributed by atoms with van der Waals surface area (Å²) < 4.78 is 14.2. The molecule has 0 aliphatic heterocycles. The number of benzene rings is 1. The SMILES string of the molecule is CN(C(=O)c1cccc(Br)c1Cl)c1ncccc1F. The lowest BCUT2D eigenvalue weighted by atomic mass is 10.2. The Balaban J connectivity index is 2.40. The summed E-state index contributed by atoms with van der Waals surface area (Å²) in [6.07, 6.45) is 1.42. The summed E-state index contributed by atoms with van der Waals surface area (Å²) in [5, 5.41) is 0.288. The van der Waals surface area contributed by atoms with E-state index in [1.807, 2.05) is 0 Å². The number of carbonyl (C=O) groups excluding carboxylic acids is 1. The molecule has 0 N–H and O–H groups in total. The molecule has 19 heavy (non-hydrogen) atoms. The minimum atomic E-state index is -0.565. The minimum Gasteiger partial charge on any atom is -0.293 e. The number of anilines is 1. The molecule has 0 bridgehead atoms. The lowest BCUT2D eigenvalue weighted by Gasteiger charge is -2.17. The number of halogens is 3. The highest BCUT2D eigenvalue weighted by Crippen LogP contribution is 2.28. The second-order valence-electron chi connectivity index (χ2n) is 3.77. The molecule has 3 nitrogen and oxygen atoms in total. The van der Waals surface area contributed by atoms with Crippen molar-refractivity contribution in [2.24, 2.45) is 0 Å². The maximum Gasteiger partial charge on any atom is 0.260 e. The van der Waals surface area contributed by atoms with Gasteiger partial charge in [-0.3, -0.25) is 9.69 Å². The number of hydrogen-bond donors (Lipinski definition) is 0. The van der Waals surface area contributed by atoms with Gasteiger partial charge in [-0.05, 0) is 40.2 Å². The van der Waals surface area contributed by atoms with Crippen molar-refractivity contribution >= 4 is 39.3 Å². The van der Waals surface area contributed by atoms with E-state index in [4.69, 9.17) is 11.6 Å². The van der Waals surface area contributed by atoms with Gasteiger partial charge >= 0.3 is 0 Å². The van der Waals surface area contributed by atoms with Gasteiger partial charge in [0, 0.05) is 17.7 Å². The molecule has 0 saturated heterocycles. The lowest BCUT2D eigenvalue weighted by Crippen LogP contribution is -2.28. The van der Waals surface area contributed by atoms with Crippen LogP contribution in [-0.2, 0) is 0 Å². The third-order valence-corrected chi connectivity index (χ3v) is 3.84. The quantitative estimate of drug-likeness (QED) is 0.828. The van der Waals surface area contributed by atoms with Crippen molar-refractivity contribution in [2.45, 2.75) is 0 Å². The summed E-state index contributed by atoms with van der Waals surface area (Å²) in [5.41, 5.74) is 0.281. The van der Waals surface area contributed by atoms with E-state index in [1.165, 1.54) is 25.4 Å². The Bertz CT molecular complexity index is 636. The highest BCUT2D eigenvalue weighted by molar-refractivity contribution is 9.10. The zero-order valence-corrected chi connectivity index (χ0v) is 12.2. The number of hydrogen-bond acceptors (Lipinski definition) is 2. The number of amides is 1. The van der Waals surface area contributed by atoms with Crippen LogP contribution in [0.15, 0.2) is 41.0 Å². The summed E-state index contributed by atoms with van der Waals surface area (Å²) in [7, 11) is 1.45. The van der Waals surface area contributed by atoms with Crippen molar-refractivity contribution in [1.82, 2.24) is 4.98 Å². The molecule has 0 atom stereocenters. The molecule has 0 saturated carbocycles. The number of pyridine rings is 1. The number of nitrogens with zero attached hydrogens (tertiary/aromatic N) is 2. The number of carbonyl (C=O) groups is 1. The van der Waals surface area contributed by atoms with Gasteiger partial charge in [-0.25, -0.2) is 9.37 Å². The van der Waals surface area contributed by atoms with Gasteiger partial charge < -0.3 is 0 Å². The van der Waals surface area contributed by atoms with Crippen LogP contribution < -0.4 is 4.90 Å². The molecular weight excluding hydrogens is 335 g/mol. The molecule has 98 valence electrons. The van der Waals surface area contributed by atoms with E-state index in [-0.39, 0.29) is 16.4 Å². The first-order valence-electron chi connectivity index (χ1n) is 5.35. The van der Waals surface area contributed by atoms with Gasteiger partial charge in [0.25, 0.3) is 5.91 Å².